The van der Waals surface area contributed by atoms with Crippen LogP contribution in [0.4, 0.5) is 0 Å². The summed E-state index contributed by atoms with van der Waals surface area (Å²) < 4.78 is 4.98. The van der Waals surface area contributed by atoms with E-state index in [1.54, 1.807) is 19.1 Å². The van der Waals surface area contributed by atoms with E-state index in [0.717, 1.165) is 38.0 Å². The molecular formula is C19H28N4O2. The predicted octanol–water partition coefficient (Wildman–Crippen LogP) is 3.29. The highest BCUT2D eigenvalue weighted by Crippen LogP contribution is 2.16. The van der Waals surface area contributed by atoms with Crippen LogP contribution in [-0.4, -0.2) is 46.6 Å². The van der Waals surface area contributed by atoms with Gasteiger partial charge in [0.05, 0.1) is 0 Å². The number of carbonyl (C=O) groups excluding carboxylic acids is 1. The molecule has 1 heterocycles. The van der Waals surface area contributed by atoms with Crippen LogP contribution in [0.1, 0.15) is 49.9 Å². The van der Waals surface area contributed by atoms with Gasteiger partial charge in [-0.25, -0.2) is 0 Å². The minimum absolute atomic E-state index is 0.0590. The molecule has 1 amide bonds. The first-order chi connectivity index (χ1) is 12.0. The van der Waals surface area contributed by atoms with Gasteiger partial charge in [0.25, 0.3) is 5.91 Å². The molecule has 1 aromatic heterocycles. The Morgan fingerprint density at radius 1 is 1.20 bits per heavy atom. The zero-order valence-corrected chi connectivity index (χ0v) is 15.6. The van der Waals surface area contributed by atoms with Gasteiger partial charge in [0.2, 0.25) is 11.7 Å². The summed E-state index contributed by atoms with van der Waals surface area (Å²) in [6.45, 7) is 11.2. The molecule has 136 valence electrons. The van der Waals surface area contributed by atoms with Crippen molar-refractivity contribution < 1.29 is 9.32 Å². The number of rotatable bonds is 9. The first-order valence-corrected chi connectivity index (χ1v) is 8.97. The van der Waals surface area contributed by atoms with Crippen LogP contribution in [0.3, 0.4) is 0 Å². The number of hydrogen-bond acceptors (Lipinski definition) is 5. The second kappa shape index (κ2) is 9.32. The second-order valence-electron chi connectivity index (χ2n) is 6.39. The smallest absolute Gasteiger partial charge is 0.251 e. The molecule has 1 aromatic carbocycles. The number of nitrogens with zero attached hydrogens (tertiary/aromatic N) is 3. The molecule has 0 aliphatic heterocycles. The molecule has 2 rings (SSSR count). The lowest BCUT2D eigenvalue weighted by Crippen LogP contribution is -2.42. The van der Waals surface area contributed by atoms with Crippen LogP contribution >= 0.6 is 0 Å². The number of amides is 1. The molecule has 2 aromatic rings. The van der Waals surface area contributed by atoms with E-state index in [1.807, 2.05) is 19.1 Å². The van der Waals surface area contributed by atoms with Crippen molar-refractivity contribution in [1.29, 1.82) is 0 Å². The fourth-order valence-corrected chi connectivity index (χ4v) is 2.85. The molecule has 0 fully saturated rings. The van der Waals surface area contributed by atoms with Crippen molar-refractivity contribution in [2.45, 2.75) is 46.6 Å². The van der Waals surface area contributed by atoms with Gasteiger partial charge in [0, 0.05) is 30.6 Å². The van der Waals surface area contributed by atoms with Gasteiger partial charge in [-0.2, -0.15) is 4.98 Å². The molecule has 0 aliphatic rings. The summed E-state index contributed by atoms with van der Waals surface area (Å²) in [5.74, 6) is 0.998. The molecule has 1 atom stereocenters. The van der Waals surface area contributed by atoms with Gasteiger partial charge in [0.15, 0.2) is 0 Å². The standard InChI is InChI=1S/C19H28N4O2/c1-5-11-23(12-6-2)13-14(3)20-19(24)17-9-7-16(8-10-17)18-21-15(4)25-22-18/h7-10,14H,5-6,11-13H2,1-4H3,(H,20,24)/t14-/m1/s1. The maximum Gasteiger partial charge on any atom is 0.251 e. The van der Waals surface area contributed by atoms with Gasteiger partial charge in [-0.3, -0.25) is 4.79 Å². The third-order valence-corrected chi connectivity index (χ3v) is 3.92. The van der Waals surface area contributed by atoms with E-state index >= 15 is 0 Å². The number of carbonyl (C=O) groups is 1. The van der Waals surface area contributed by atoms with E-state index in [4.69, 9.17) is 4.52 Å². The molecule has 6 heteroatoms. The van der Waals surface area contributed by atoms with Crippen molar-refractivity contribution in [3.05, 3.63) is 35.7 Å². The molecule has 6 nitrogen and oxygen atoms in total. The van der Waals surface area contributed by atoms with Gasteiger partial charge in [-0.15, -0.1) is 0 Å². The predicted molar refractivity (Wildman–Crippen MR) is 98.4 cm³/mol. The number of aryl methyl sites for hydroxylation is 1. The van der Waals surface area contributed by atoms with Crippen molar-refractivity contribution in [3.63, 3.8) is 0 Å². The fourth-order valence-electron chi connectivity index (χ4n) is 2.85. The van der Waals surface area contributed by atoms with Crippen LogP contribution in [0, 0.1) is 6.92 Å². The zero-order valence-electron chi connectivity index (χ0n) is 15.6. The van der Waals surface area contributed by atoms with Crippen molar-refractivity contribution in [3.8, 4) is 11.4 Å². The fraction of sp³-hybridized carbons (Fsp3) is 0.526. The summed E-state index contributed by atoms with van der Waals surface area (Å²) in [5.41, 5.74) is 1.46. The lowest BCUT2D eigenvalue weighted by Gasteiger charge is -2.25. The molecule has 0 unspecified atom stereocenters. The molecule has 25 heavy (non-hydrogen) atoms. The highest BCUT2D eigenvalue weighted by atomic mass is 16.5. The van der Waals surface area contributed by atoms with Gasteiger partial charge in [-0.1, -0.05) is 31.1 Å². The van der Waals surface area contributed by atoms with E-state index in [0.29, 0.717) is 17.3 Å². The summed E-state index contributed by atoms with van der Waals surface area (Å²) in [4.78, 5) is 19.0. The Kier molecular flexibility index (Phi) is 7.13. The second-order valence-corrected chi connectivity index (χ2v) is 6.39. The van der Waals surface area contributed by atoms with E-state index in [2.05, 4.69) is 34.2 Å². The Labute approximate surface area is 149 Å². The molecule has 0 aliphatic carbocycles. The quantitative estimate of drug-likeness (QED) is 0.756. The third kappa shape index (κ3) is 5.67. The normalized spacial score (nSPS) is 12.4. The van der Waals surface area contributed by atoms with Crippen LogP contribution in [0.15, 0.2) is 28.8 Å². The minimum Gasteiger partial charge on any atom is -0.348 e. The monoisotopic (exact) mass is 344 g/mol. The maximum atomic E-state index is 12.4. The van der Waals surface area contributed by atoms with Gasteiger partial charge < -0.3 is 14.7 Å². The summed E-state index contributed by atoms with van der Waals surface area (Å²) in [7, 11) is 0. The number of nitrogens with one attached hydrogen (secondary N) is 1. The van der Waals surface area contributed by atoms with Gasteiger partial charge >= 0.3 is 0 Å². The van der Waals surface area contributed by atoms with Crippen molar-refractivity contribution in [2.24, 2.45) is 0 Å². The Balaban J connectivity index is 1.93. The number of aromatic nitrogens is 2. The molecule has 0 spiro atoms. The Morgan fingerprint density at radius 3 is 2.36 bits per heavy atom. The van der Waals surface area contributed by atoms with E-state index in [-0.39, 0.29) is 11.9 Å². The maximum absolute atomic E-state index is 12.4. The largest absolute Gasteiger partial charge is 0.348 e. The van der Waals surface area contributed by atoms with E-state index < -0.39 is 0 Å². The molecule has 0 saturated heterocycles. The van der Waals surface area contributed by atoms with Crippen LogP contribution in [0.2, 0.25) is 0 Å². The molecule has 0 saturated carbocycles. The van der Waals surface area contributed by atoms with Gasteiger partial charge in [-0.05, 0) is 45.0 Å². The van der Waals surface area contributed by atoms with Crippen LogP contribution in [-0.2, 0) is 0 Å². The summed E-state index contributed by atoms with van der Waals surface area (Å²) in [6, 6.07) is 7.36. The lowest BCUT2D eigenvalue weighted by atomic mass is 10.1. The average molecular weight is 344 g/mol. The first-order valence-electron chi connectivity index (χ1n) is 8.97. The Hall–Kier alpha value is -2.21. The van der Waals surface area contributed by atoms with Crippen LogP contribution < -0.4 is 5.32 Å². The van der Waals surface area contributed by atoms with E-state index in [9.17, 15) is 4.79 Å². The Bertz CT molecular complexity index is 660. The molecule has 0 radical (unpaired) electrons. The highest BCUT2D eigenvalue weighted by molar-refractivity contribution is 5.94. The highest BCUT2D eigenvalue weighted by Gasteiger charge is 2.14. The van der Waals surface area contributed by atoms with Crippen molar-refractivity contribution >= 4 is 5.91 Å². The number of benzene rings is 1. The number of hydrogen-bond donors (Lipinski definition) is 1. The summed E-state index contributed by atoms with van der Waals surface area (Å²) in [6.07, 6.45) is 2.25. The average Bonchev–Trinajstić information content (AvgIpc) is 3.02. The zero-order chi connectivity index (χ0) is 18.2. The summed E-state index contributed by atoms with van der Waals surface area (Å²) >= 11 is 0. The third-order valence-electron chi connectivity index (χ3n) is 3.92. The van der Waals surface area contributed by atoms with Crippen molar-refractivity contribution in [1.82, 2.24) is 20.4 Å². The molecule has 0 bridgehead atoms. The van der Waals surface area contributed by atoms with Crippen LogP contribution in [0.5, 0.6) is 0 Å². The Morgan fingerprint density at radius 2 is 1.84 bits per heavy atom. The SMILES string of the molecule is CCCN(CCC)C[C@@H](C)NC(=O)c1ccc(-c2noc(C)n2)cc1. The van der Waals surface area contributed by atoms with E-state index in [1.165, 1.54) is 0 Å². The van der Waals surface area contributed by atoms with Gasteiger partial charge in [0.1, 0.15) is 0 Å². The molecular weight excluding hydrogens is 316 g/mol. The van der Waals surface area contributed by atoms with Crippen molar-refractivity contribution in [2.75, 3.05) is 19.6 Å². The van der Waals surface area contributed by atoms with Crippen LogP contribution in [0.25, 0.3) is 11.4 Å². The minimum atomic E-state index is -0.0590. The lowest BCUT2D eigenvalue weighted by molar-refractivity contribution is 0.0929. The molecule has 1 N–H and O–H groups in total. The summed E-state index contributed by atoms with van der Waals surface area (Å²) in [5, 5.41) is 6.96. The first kappa shape index (κ1) is 19.1. The topological polar surface area (TPSA) is 71.3 Å².